The lowest BCUT2D eigenvalue weighted by molar-refractivity contribution is -0.122. The summed E-state index contributed by atoms with van der Waals surface area (Å²) < 4.78 is 1.72. The van der Waals surface area contributed by atoms with Crippen molar-refractivity contribution < 1.29 is 9.59 Å². The van der Waals surface area contributed by atoms with E-state index in [0.29, 0.717) is 25.1 Å². The van der Waals surface area contributed by atoms with Gasteiger partial charge in [-0.3, -0.25) is 14.3 Å². The number of nitrogens with zero attached hydrogens (tertiary/aromatic N) is 4. The number of aryl methyl sites for hydroxylation is 3. The van der Waals surface area contributed by atoms with Crippen LogP contribution in [0.3, 0.4) is 0 Å². The van der Waals surface area contributed by atoms with E-state index in [9.17, 15) is 9.59 Å². The summed E-state index contributed by atoms with van der Waals surface area (Å²) in [7, 11) is 1.84. The number of amides is 2. The van der Waals surface area contributed by atoms with Gasteiger partial charge in [0.15, 0.2) is 5.65 Å². The summed E-state index contributed by atoms with van der Waals surface area (Å²) in [5.74, 6) is 0.0584. The fourth-order valence-electron chi connectivity index (χ4n) is 3.72. The molecule has 1 atom stereocenters. The van der Waals surface area contributed by atoms with Gasteiger partial charge in [0.25, 0.3) is 5.91 Å². The SMILES string of the molecule is CCCC(=O)NC1CCCN(C(=O)c2cc(C)nc3c2c(C)nn3C)C1. The number of pyridine rings is 1. The zero-order valence-corrected chi connectivity index (χ0v) is 16.0. The van der Waals surface area contributed by atoms with Gasteiger partial charge in [-0.15, -0.1) is 0 Å². The van der Waals surface area contributed by atoms with Gasteiger partial charge in [0.2, 0.25) is 5.91 Å². The summed E-state index contributed by atoms with van der Waals surface area (Å²) in [5.41, 5.74) is 2.99. The van der Waals surface area contributed by atoms with Crippen LogP contribution in [0.25, 0.3) is 11.0 Å². The van der Waals surface area contributed by atoms with E-state index in [1.54, 1.807) is 4.68 Å². The van der Waals surface area contributed by atoms with E-state index < -0.39 is 0 Å². The van der Waals surface area contributed by atoms with E-state index in [2.05, 4.69) is 15.4 Å². The maximum absolute atomic E-state index is 13.2. The predicted molar refractivity (Wildman–Crippen MR) is 100.0 cm³/mol. The normalized spacial score (nSPS) is 17.5. The van der Waals surface area contributed by atoms with Crippen molar-refractivity contribution in [2.24, 2.45) is 7.05 Å². The average Bonchev–Trinajstić information content (AvgIpc) is 2.88. The molecule has 0 bridgehead atoms. The Hall–Kier alpha value is -2.44. The quantitative estimate of drug-likeness (QED) is 0.909. The highest BCUT2D eigenvalue weighted by atomic mass is 16.2. The Labute approximate surface area is 153 Å². The summed E-state index contributed by atoms with van der Waals surface area (Å²) in [5, 5.41) is 8.30. The molecule has 7 nitrogen and oxygen atoms in total. The lowest BCUT2D eigenvalue weighted by Gasteiger charge is -2.33. The van der Waals surface area contributed by atoms with E-state index in [-0.39, 0.29) is 17.9 Å². The van der Waals surface area contributed by atoms with Crippen LogP contribution in [0.1, 0.15) is 54.4 Å². The minimum Gasteiger partial charge on any atom is -0.352 e. The van der Waals surface area contributed by atoms with Crippen molar-refractivity contribution in [3.05, 3.63) is 23.0 Å². The molecular formula is C19H27N5O2. The molecule has 0 aliphatic carbocycles. The van der Waals surface area contributed by atoms with Gasteiger partial charge in [0.05, 0.1) is 16.6 Å². The lowest BCUT2D eigenvalue weighted by Crippen LogP contribution is -2.49. The zero-order valence-electron chi connectivity index (χ0n) is 16.0. The first-order chi connectivity index (χ1) is 12.4. The number of fused-ring (bicyclic) bond motifs is 1. The van der Waals surface area contributed by atoms with Crippen molar-refractivity contribution in [2.75, 3.05) is 13.1 Å². The number of carbonyl (C=O) groups is 2. The first-order valence-electron chi connectivity index (χ1n) is 9.30. The Morgan fingerprint density at radius 3 is 2.85 bits per heavy atom. The number of rotatable bonds is 4. The van der Waals surface area contributed by atoms with E-state index >= 15 is 0 Å². The standard InChI is InChI=1S/C19H27N5O2/c1-5-7-16(25)21-14-8-6-9-24(11-14)19(26)15-10-12(2)20-18-17(15)13(3)22-23(18)4/h10,14H,5-9,11H2,1-4H3,(H,21,25). The van der Waals surface area contributed by atoms with Crippen LogP contribution in [0.5, 0.6) is 0 Å². The number of likely N-dealkylation sites (tertiary alicyclic amines) is 1. The molecule has 26 heavy (non-hydrogen) atoms. The topological polar surface area (TPSA) is 80.1 Å². The number of carbonyl (C=O) groups excluding carboxylic acids is 2. The molecule has 3 heterocycles. The molecule has 2 aromatic heterocycles. The second-order valence-corrected chi connectivity index (χ2v) is 7.13. The van der Waals surface area contributed by atoms with Crippen molar-refractivity contribution in [1.29, 1.82) is 0 Å². The Balaban J connectivity index is 1.85. The minimum atomic E-state index is -0.00830. The van der Waals surface area contributed by atoms with Crippen molar-refractivity contribution in [3.63, 3.8) is 0 Å². The van der Waals surface area contributed by atoms with Crippen molar-refractivity contribution in [3.8, 4) is 0 Å². The second kappa shape index (κ2) is 7.43. The maximum Gasteiger partial charge on any atom is 0.254 e. The average molecular weight is 357 g/mol. The minimum absolute atomic E-state index is 0.00830. The monoisotopic (exact) mass is 357 g/mol. The fourth-order valence-corrected chi connectivity index (χ4v) is 3.72. The molecule has 2 amide bonds. The second-order valence-electron chi connectivity index (χ2n) is 7.13. The molecular weight excluding hydrogens is 330 g/mol. The lowest BCUT2D eigenvalue weighted by atomic mass is 10.0. The Morgan fingerprint density at radius 1 is 1.35 bits per heavy atom. The van der Waals surface area contributed by atoms with Gasteiger partial charge in [0.1, 0.15) is 0 Å². The molecule has 1 fully saturated rings. The fraction of sp³-hybridized carbons (Fsp3) is 0.579. The third kappa shape index (κ3) is 3.57. The Kier molecular flexibility index (Phi) is 5.25. The van der Waals surface area contributed by atoms with E-state index in [1.165, 1.54) is 0 Å². The van der Waals surface area contributed by atoms with Crippen molar-refractivity contribution >= 4 is 22.8 Å². The van der Waals surface area contributed by atoms with E-state index in [0.717, 1.165) is 41.7 Å². The molecule has 2 aromatic rings. The molecule has 3 rings (SSSR count). The molecule has 1 saturated heterocycles. The van der Waals surface area contributed by atoms with Gasteiger partial charge in [-0.2, -0.15) is 5.10 Å². The molecule has 1 aliphatic rings. The van der Waals surface area contributed by atoms with Gasteiger partial charge in [-0.1, -0.05) is 6.92 Å². The highest BCUT2D eigenvalue weighted by molar-refractivity contribution is 6.06. The number of piperidine rings is 1. The van der Waals surface area contributed by atoms with Gasteiger partial charge in [-0.25, -0.2) is 4.98 Å². The van der Waals surface area contributed by atoms with Crippen LogP contribution in [0.15, 0.2) is 6.07 Å². The first-order valence-corrected chi connectivity index (χ1v) is 9.30. The molecule has 0 radical (unpaired) electrons. The van der Waals surface area contributed by atoms with E-state index in [1.807, 2.05) is 38.8 Å². The molecule has 0 saturated carbocycles. The molecule has 1 aliphatic heterocycles. The summed E-state index contributed by atoms with van der Waals surface area (Å²) in [4.78, 5) is 31.5. The zero-order chi connectivity index (χ0) is 18.8. The summed E-state index contributed by atoms with van der Waals surface area (Å²) >= 11 is 0. The van der Waals surface area contributed by atoms with Crippen LogP contribution in [0.2, 0.25) is 0 Å². The summed E-state index contributed by atoms with van der Waals surface area (Å²) in [6.07, 6.45) is 3.16. The van der Waals surface area contributed by atoms with Crippen LogP contribution in [0, 0.1) is 13.8 Å². The summed E-state index contributed by atoms with van der Waals surface area (Å²) in [6.45, 7) is 7.05. The predicted octanol–water partition coefficient (Wildman–Crippen LogP) is 2.11. The third-order valence-corrected chi connectivity index (χ3v) is 4.88. The largest absolute Gasteiger partial charge is 0.352 e. The highest BCUT2D eigenvalue weighted by Crippen LogP contribution is 2.24. The van der Waals surface area contributed by atoms with E-state index in [4.69, 9.17) is 0 Å². The Morgan fingerprint density at radius 2 is 2.12 bits per heavy atom. The maximum atomic E-state index is 13.2. The van der Waals surface area contributed by atoms with Crippen LogP contribution >= 0.6 is 0 Å². The van der Waals surface area contributed by atoms with Gasteiger partial charge >= 0.3 is 0 Å². The van der Waals surface area contributed by atoms with Gasteiger partial charge in [-0.05, 0) is 39.2 Å². The third-order valence-electron chi connectivity index (χ3n) is 4.88. The van der Waals surface area contributed by atoms with Crippen molar-refractivity contribution in [2.45, 2.75) is 52.5 Å². The van der Waals surface area contributed by atoms with Crippen LogP contribution in [-0.2, 0) is 11.8 Å². The molecule has 7 heteroatoms. The molecule has 0 spiro atoms. The summed E-state index contributed by atoms with van der Waals surface area (Å²) in [6, 6.07) is 1.87. The van der Waals surface area contributed by atoms with Crippen LogP contribution in [-0.4, -0.2) is 50.6 Å². The van der Waals surface area contributed by atoms with Crippen LogP contribution < -0.4 is 5.32 Å². The first kappa shape index (κ1) is 18.4. The van der Waals surface area contributed by atoms with Gasteiger partial charge < -0.3 is 10.2 Å². The van der Waals surface area contributed by atoms with Crippen LogP contribution in [0.4, 0.5) is 0 Å². The van der Waals surface area contributed by atoms with Crippen molar-refractivity contribution in [1.82, 2.24) is 25.0 Å². The highest BCUT2D eigenvalue weighted by Gasteiger charge is 2.27. The smallest absolute Gasteiger partial charge is 0.254 e. The molecule has 1 N–H and O–H groups in total. The number of aromatic nitrogens is 3. The molecule has 1 unspecified atom stereocenters. The van der Waals surface area contributed by atoms with Gasteiger partial charge in [0, 0.05) is 38.3 Å². The Bertz CT molecular complexity index is 842. The number of hydrogen-bond donors (Lipinski definition) is 1. The molecule has 140 valence electrons. The number of hydrogen-bond acceptors (Lipinski definition) is 4. The molecule has 0 aromatic carbocycles. The number of nitrogens with one attached hydrogen (secondary N) is 1.